The Morgan fingerprint density at radius 3 is 2.42 bits per heavy atom. The van der Waals surface area contributed by atoms with Gasteiger partial charge in [0, 0.05) is 5.02 Å². The third kappa shape index (κ3) is 2.82. The standard InChI is InChI=1S/C16H15ClN2O5/c17-9-3-4-11(20)10(6-9)14(21)18-19-15(22)12-7-1-2-8(5-7)13(12)16(23)24/h1-4,6-8,12-13,20H,5H2,(H,18,21)(H,19,22)(H,23,24)/t7-,8+,12-,13+/m1/s1. The number of carbonyl (C=O) groups is 3. The van der Waals surface area contributed by atoms with Crippen molar-refractivity contribution in [2.24, 2.45) is 23.7 Å². The molecule has 8 heteroatoms. The second-order valence-corrected chi connectivity index (χ2v) is 6.38. The topological polar surface area (TPSA) is 116 Å². The van der Waals surface area contributed by atoms with Crippen LogP contribution in [0.2, 0.25) is 5.02 Å². The summed E-state index contributed by atoms with van der Waals surface area (Å²) in [5.41, 5.74) is 4.35. The normalized spacial score (nSPS) is 27.0. The number of phenolic OH excluding ortho intramolecular Hbond substituents is 1. The fourth-order valence-corrected chi connectivity index (χ4v) is 3.65. The molecule has 2 amide bonds. The summed E-state index contributed by atoms with van der Waals surface area (Å²) in [5, 5.41) is 19.2. The molecule has 1 aromatic carbocycles. The average Bonchev–Trinajstić information content (AvgIpc) is 3.15. The number of aromatic hydroxyl groups is 1. The first-order chi connectivity index (χ1) is 11.4. The van der Waals surface area contributed by atoms with Gasteiger partial charge in [0.15, 0.2) is 0 Å². The lowest BCUT2D eigenvalue weighted by Crippen LogP contribution is -2.48. The molecule has 0 radical (unpaired) electrons. The summed E-state index contributed by atoms with van der Waals surface area (Å²) in [6.45, 7) is 0. The first kappa shape index (κ1) is 16.3. The van der Waals surface area contributed by atoms with E-state index in [-0.39, 0.29) is 28.2 Å². The number of hydrazine groups is 1. The number of aliphatic carboxylic acids is 1. The molecule has 0 aromatic heterocycles. The lowest BCUT2D eigenvalue weighted by molar-refractivity contribution is -0.148. The number of fused-ring (bicyclic) bond motifs is 2. The number of carboxylic acids is 1. The van der Waals surface area contributed by atoms with Crippen LogP contribution in [0.1, 0.15) is 16.8 Å². The van der Waals surface area contributed by atoms with Gasteiger partial charge in [0.25, 0.3) is 5.91 Å². The van der Waals surface area contributed by atoms with Gasteiger partial charge in [0.2, 0.25) is 5.91 Å². The lowest BCUT2D eigenvalue weighted by atomic mass is 9.82. The molecule has 1 fully saturated rings. The zero-order valence-electron chi connectivity index (χ0n) is 12.4. The minimum absolute atomic E-state index is 0.0922. The highest BCUT2D eigenvalue weighted by atomic mass is 35.5. The Balaban J connectivity index is 1.67. The van der Waals surface area contributed by atoms with Crippen LogP contribution in [0.4, 0.5) is 0 Å². The van der Waals surface area contributed by atoms with Gasteiger partial charge in [-0.2, -0.15) is 0 Å². The Morgan fingerprint density at radius 1 is 1.08 bits per heavy atom. The van der Waals surface area contributed by atoms with E-state index in [9.17, 15) is 24.6 Å². The number of carboxylic acid groups (broad SMARTS) is 1. The van der Waals surface area contributed by atoms with Gasteiger partial charge in [-0.05, 0) is 36.5 Å². The third-order valence-electron chi connectivity index (χ3n) is 4.55. The first-order valence-electron chi connectivity index (χ1n) is 7.38. The van der Waals surface area contributed by atoms with E-state index >= 15 is 0 Å². The SMILES string of the molecule is O=C(NNC(=O)[C@H]1[C@@H](C(=O)O)[C@H]2C=C[C@@H]1C2)c1cc(Cl)ccc1O. The molecular weight excluding hydrogens is 336 g/mol. The fourth-order valence-electron chi connectivity index (χ4n) is 3.48. The summed E-state index contributed by atoms with van der Waals surface area (Å²) in [5.74, 6) is -4.43. The smallest absolute Gasteiger partial charge is 0.307 e. The van der Waals surface area contributed by atoms with Crippen LogP contribution < -0.4 is 10.9 Å². The number of phenols is 1. The molecular formula is C16H15ClN2O5. The molecule has 0 spiro atoms. The van der Waals surface area contributed by atoms with Crippen molar-refractivity contribution in [2.75, 3.05) is 0 Å². The van der Waals surface area contributed by atoms with Crippen molar-refractivity contribution in [2.45, 2.75) is 6.42 Å². The van der Waals surface area contributed by atoms with Crippen molar-refractivity contribution in [3.05, 3.63) is 40.9 Å². The van der Waals surface area contributed by atoms with Gasteiger partial charge < -0.3 is 10.2 Å². The number of benzene rings is 1. The van der Waals surface area contributed by atoms with E-state index in [4.69, 9.17) is 11.6 Å². The summed E-state index contributed by atoms with van der Waals surface area (Å²) < 4.78 is 0. The van der Waals surface area contributed by atoms with E-state index in [1.165, 1.54) is 18.2 Å². The maximum absolute atomic E-state index is 12.3. The highest BCUT2D eigenvalue weighted by Crippen LogP contribution is 2.48. The van der Waals surface area contributed by atoms with Crippen LogP contribution >= 0.6 is 11.6 Å². The van der Waals surface area contributed by atoms with Crippen molar-refractivity contribution in [1.29, 1.82) is 0 Å². The molecule has 0 aliphatic heterocycles. The van der Waals surface area contributed by atoms with Crippen LogP contribution in [-0.4, -0.2) is 28.0 Å². The number of amides is 2. The lowest BCUT2D eigenvalue weighted by Gasteiger charge is -2.23. The highest BCUT2D eigenvalue weighted by Gasteiger charge is 2.51. The summed E-state index contributed by atoms with van der Waals surface area (Å²) in [4.78, 5) is 35.8. The summed E-state index contributed by atoms with van der Waals surface area (Å²) in [6.07, 6.45) is 4.30. The Hall–Kier alpha value is -2.54. The number of halogens is 1. The zero-order valence-corrected chi connectivity index (χ0v) is 13.2. The van der Waals surface area contributed by atoms with E-state index in [0.717, 1.165) is 0 Å². The van der Waals surface area contributed by atoms with Crippen LogP contribution in [-0.2, 0) is 9.59 Å². The second-order valence-electron chi connectivity index (χ2n) is 5.94. The molecule has 0 heterocycles. The number of allylic oxidation sites excluding steroid dienone is 2. The van der Waals surface area contributed by atoms with Crippen molar-refractivity contribution in [3.63, 3.8) is 0 Å². The molecule has 126 valence electrons. The molecule has 4 atom stereocenters. The Morgan fingerprint density at radius 2 is 1.75 bits per heavy atom. The van der Waals surface area contributed by atoms with E-state index < -0.39 is 29.6 Å². The summed E-state index contributed by atoms with van der Waals surface area (Å²) in [6, 6.07) is 3.95. The molecule has 3 rings (SSSR count). The number of rotatable bonds is 3. The van der Waals surface area contributed by atoms with Crippen LogP contribution in [0.25, 0.3) is 0 Å². The Bertz CT molecular complexity index is 748. The van der Waals surface area contributed by atoms with Gasteiger partial charge in [-0.15, -0.1) is 0 Å². The summed E-state index contributed by atoms with van der Waals surface area (Å²) >= 11 is 5.77. The quantitative estimate of drug-likeness (QED) is 0.485. The van der Waals surface area contributed by atoms with Crippen LogP contribution in [0.15, 0.2) is 30.4 Å². The minimum Gasteiger partial charge on any atom is -0.507 e. The number of hydrogen-bond acceptors (Lipinski definition) is 4. The van der Waals surface area contributed by atoms with Crippen LogP contribution in [0, 0.1) is 23.7 Å². The molecule has 0 unspecified atom stereocenters. The van der Waals surface area contributed by atoms with Gasteiger partial charge in [-0.25, -0.2) is 0 Å². The van der Waals surface area contributed by atoms with Gasteiger partial charge in [-0.1, -0.05) is 23.8 Å². The van der Waals surface area contributed by atoms with E-state index in [0.29, 0.717) is 6.42 Å². The molecule has 4 N–H and O–H groups in total. The largest absolute Gasteiger partial charge is 0.507 e. The van der Waals surface area contributed by atoms with Crippen molar-refractivity contribution < 1.29 is 24.6 Å². The number of hydrogen-bond donors (Lipinski definition) is 4. The van der Waals surface area contributed by atoms with Gasteiger partial charge in [0.1, 0.15) is 5.75 Å². The molecule has 1 saturated carbocycles. The molecule has 2 aliphatic carbocycles. The van der Waals surface area contributed by atoms with E-state index in [2.05, 4.69) is 10.9 Å². The van der Waals surface area contributed by atoms with Crippen molar-refractivity contribution in [1.82, 2.24) is 10.9 Å². The van der Waals surface area contributed by atoms with Crippen molar-refractivity contribution >= 4 is 29.4 Å². The van der Waals surface area contributed by atoms with Crippen LogP contribution in [0.3, 0.4) is 0 Å². The van der Waals surface area contributed by atoms with E-state index in [1.54, 1.807) is 0 Å². The maximum Gasteiger partial charge on any atom is 0.307 e. The predicted molar refractivity (Wildman–Crippen MR) is 84.1 cm³/mol. The number of carbonyl (C=O) groups excluding carboxylic acids is 2. The molecule has 1 aromatic rings. The van der Waals surface area contributed by atoms with E-state index in [1.807, 2.05) is 12.2 Å². The monoisotopic (exact) mass is 350 g/mol. The van der Waals surface area contributed by atoms with Gasteiger partial charge in [0.05, 0.1) is 17.4 Å². The first-order valence-corrected chi connectivity index (χ1v) is 7.76. The Kier molecular flexibility index (Phi) is 4.19. The molecule has 7 nitrogen and oxygen atoms in total. The molecule has 2 bridgehead atoms. The maximum atomic E-state index is 12.3. The highest BCUT2D eigenvalue weighted by molar-refractivity contribution is 6.31. The zero-order chi connectivity index (χ0) is 17.4. The third-order valence-corrected chi connectivity index (χ3v) is 4.78. The molecule has 0 saturated heterocycles. The molecule has 24 heavy (non-hydrogen) atoms. The average molecular weight is 351 g/mol. The predicted octanol–water partition coefficient (Wildman–Crippen LogP) is 1.33. The minimum atomic E-state index is -1.02. The Labute approximate surface area is 142 Å². The van der Waals surface area contributed by atoms with Gasteiger partial charge >= 0.3 is 5.97 Å². The summed E-state index contributed by atoms with van der Waals surface area (Å²) in [7, 11) is 0. The van der Waals surface area contributed by atoms with Crippen molar-refractivity contribution in [3.8, 4) is 5.75 Å². The number of nitrogens with one attached hydrogen (secondary N) is 2. The second kappa shape index (κ2) is 6.16. The fraction of sp³-hybridized carbons (Fsp3) is 0.312. The van der Waals surface area contributed by atoms with Crippen LogP contribution in [0.5, 0.6) is 5.75 Å². The van der Waals surface area contributed by atoms with Gasteiger partial charge in [-0.3, -0.25) is 25.2 Å². The molecule has 2 aliphatic rings.